The van der Waals surface area contributed by atoms with Crippen molar-refractivity contribution in [2.75, 3.05) is 31.1 Å². The number of fused-ring (bicyclic) bond motifs is 1. The van der Waals surface area contributed by atoms with Gasteiger partial charge in [-0.25, -0.2) is 0 Å². The van der Waals surface area contributed by atoms with Crippen LogP contribution in [0.3, 0.4) is 0 Å². The number of hydrogen-bond acceptors (Lipinski definition) is 5. The second-order valence-corrected chi connectivity index (χ2v) is 7.24. The smallest absolute Gasteiger partial charge is 0.311 e. The minimum Gasteiger partial charge on any atom is -0.460 e. The molecule has 3 rings (SSSR count). The number of anilines is 1. The van der Waals surface area contributed by atoms with Crippen LogP contribution in [-0.2, 0) is 16.1 Å². The maximum Gasteiger partial charge on any atom is 0.311 e. The Bertz CT molecular complexity index is 731. The molecule has 1 N–H and O–H groups in total. The average molecular weight is 327 g/mol. The highest BCUT2D eigenvalue weighted by molar-refractivity contribution is 5.92. The van der Waals surface area contributed by atoms with Crippen molar-refractivity contribution >= 4 is 22.6 Å². The normalized spacial score (nSPS) is 15.5. The summed E-state index contributed by atoms with van der Waals surface area (Å²) in [5.41, 5.74) is 2.68. The molecule has 0 radical (unpaired) electrons. The van der Waals surface area contributed by atoms with Gasteiger partial charge in [0.2, 0.25) is 0 Å². The predicted octanol–water partition coefficient (Wildman–Crippen LogP) is 2.73. The van der Waals surface area contributed by atoms with E-state index in [4.69, 9.17) is 4.74 Å². The standard InChI is InChI=1S/C19H25N3O2/c1-19(2,3)18(23)24-13-14-4-5-16-15(12-14)17(6-7-21-16)22-10-8-20-9-11-22/h4-7,12,20H,8-11,13H2,1-3H3. The molecule has 0 atom stereocenters. The van der Waals surface area contributed by atoms with Crippen molar-refractivity contribution in [2.45, 2.75) is 27.4 Å². The van der Waals surface area contributed by atoms with E-state index in [2.05, 4.69) is 27.3 Å². The maximum atomic E-state index is 12.0. The fraction of sp³-hybridized carbons (Fsp3) is 0.474. The molecule has 1 aliphatic heterocycles. The Hall–Kier alpha value is -2.14. The monoisotopic (exact) mass is 327 g/mol. The van der Waals surface area contributed by atoms with Crippen LogP contribution in [-0.4, -0.2) is 37.1 Å². The fourth-order valence-electron chi connectivity index (χ4n) is 2.82. The molecule has 2 heterocycles. The third-order valence-electron chi connectivity index (χ3n) is 4.22. The van der Waals surface area contributed by atoms with Crippen LogP contribution in [0.2, 0.25) is 0 Å². The van der Waals surface area contributed by atoms with Gasteiger partial charge in [0.1, 0.15) is 6.61 Å². The van der Waals surface area contributed by atoms with Gasteiger partial charge in [-0.1, -0.05) is 6.07 Å². The number of esters is 1. The van der Waals surface area contributed by atoms with Gasteiger partial charge in [-0.3, -0.25) is 9.78 Å². The highest BCUT2D eigenvalue weighted by atomic mass is 16.5. The second-order valence-electron chi connectivity index (χ2n) is 7.24. The van der Waals surface area contributed by atoms with Crippen LogP contribution < -0.4 is 10.2 Å². The Kier molecular flexibility index (Phi) is 4.71. The molecular weight excluding hydrogens is 302 g/mol. The molecule has 0 aliphatic carbocycles. The minimum atomic E-state index is -0.482. The first-order chi connectivity index (χ1) is 11.4. The lowest BCUT2D eigenvalue weighted by atomic mass is 9.97. The first kappa shape index (κ1) is 16.7. The number of pyridine rings is 1. The van der Waals surface area contributed by atoms with E-state index in [-0.39, 0.29) is 5.97 Å². The topological polar surface area (TPSA) is 54.5 Å². The Morgan fingerprint density at radius 2 is 2.00 bits per heavy atom. The Balaban J connectivity index is 1.85. The van der Waals surface area contributed by atoms with Crippen LogP contribution in [0.5, 0.6) is 0 Å². The van der Waals surface area contributed by atoms with Gasteiger partial charge in [0.25, 0.3) is 0 Å². The van der Waals surface area contributed by atoms with Crippen molar-refractivity contribution in [1.29, 1.82) is 0 Å². The summed E-state index contributed by atoms with van der Waals surface area (Å²) >= 11 is 0. The molecule has 5 heteroatoms. The number of hydrogen-bond donors (Lipinski definition) is 1. The fourth-order valence-corrected chi connectivity index (χ4v) is 2.82. The molecule has 1 saturated heterocycles. The first-order valence-corrected chi connectivity index (χ1v) is 8.46. The number of aromatic nitrogens is 1. The molecule has 0 unspecified atom stereocenters. The lowest BCUT2D eigenvalue weighted by molar-refractivity contribution is -0.154. The van der Waals surface area contributed by atoms with Gasteiger partial charge in [-0.15, -0.1) is 0 Å². The van der Waals surface area contributed by atoms with E-state index in [1.807, 2.05) is 39.1 Å². The number of rotatable bonds is 3. The lowest BCUT2D eigenvalue weighted by Crippen LogP contribution is -2.43. The summed E-state index contributed by atoms with van der Waals surface area (Å²) in [6.07, 6.45) is 1.86. The molecule has 24 heavy (non-hydrogen) atoms. The predicted molar refractivity (Wildman–Crippen MR) is 96.1 cm³/mol. The zero-order valence-electron chi connectivity index (χ0n) is 14.6. The number of carbonyl (C=O) groups is 1. The summed E-state index contributed by atoms with van der Waals surface area (Å²) in [5, 5.41) is 4.49. The second kappa shape index (κ2) is 6.77. The summed E-state index contributed by atoms with van der Waals surface area (Å²) in [7, 11) is 0. The molecule has 0 spiro atoms. The zero-order chi connectivity index (χ0) is 17.2. The van der Waals surface area contributed by atoms with E-state index in [1.54, 1.807) is 0 Å². The van der Waals surface area contributed by atoms with Gasteiger partial charge >= 0.3 is 5.97 Å². The molecule has 1 fully saturated rings. The van der Waals surface area contributed by atoms with Gasteiger partial charge in [0, 0.05) is 43.4 Å². The van der Waals surface area contributed by atoms with Crippen molar-refractivity contribution < 1.29 is 9.53 Å². The molecule has 1 aromatic heterocycles. The maximum absolute atomic E-state index is 12.0. The quantitative estimate of drug-likeness (QED) is 0.879. The van der Waals surface area contributed by atoms with Gasteiger partial charge in [0.15, 0.2) is 0 Å². The van der Waals surface area contributed by atoms with Crippen molar-refractivity contribution in [2.24, 2.45) is 5.41 Å². The molecule has 1 aliphatic rings. The van der Waals surface area contributed by atoms with Crippen molar-refractivity contribution in [3.8, 4) is 0 Å². The molecule has 1 aromatic carbocycles. The average Bonchev–Trinajstić information content (AvgIpc) is 2.59. The van der Waals surface area contributed by atoms with Gasteiger partial charge in [-0.05, 0) is 44.5 Å². The van der Waals surface area contributed by atoms with Crippen LogP contribution in [0.15, 0.2) is 30.5 Å². The van der Waals surface area contributed by atoms with Crippen molar-refractivity contribution in [3.63, 3.8) is 0 Å². The van der Waals surface area contributed by atoms with E-state index in [0.29, 0.717) is 6.61 Å². The number of nitrogens with zero attached hydrogens (tertiary/aromatic N) is 2. The summed E-state index contributed by atoms with van der Waals surface area (Å²) in [6.45, 7) is 9.85. The first-order valence-electron chi connectivity index (χ1n) is 8.46. The highest BCUT2D eigenvalue weighted by Crippen LogP contribution is 2.27. The lowest BCUT2D eigenvalue weighted by Gasteiger charge is -2.30. The van der Waals surface area contributed by atoms with Gasteiger partial charge in [-0.2, -0.15) is 0 Å². The number of carbonyl (C=O) groups excluding carboxylic acids is 1. The van der Waals surface area contributed by atoms with E-state index in [0.717, 1.165) is 42.6 Å². The van der Waals surface area contributed by atoms with Crippen LogP contribution >= 0.6 is 0 Å². The molecular formula is C19H25N3O2. The van der Waals surface area contributed by atoms with Crippen LogP contribution in [0.25, 0.3) is 10.9 Å². The number of benzene rings is 1. The SMILES string of the molecule is CC(C)(C)C(=O)OCc1ccc2nccc(N3CCNCC3)c2c1. The third-order valence-corrected chi connectivity index (χ3v) is 4.22. The summed E-state index contributed by atoms with van der Waals surface area (Å²) in [4.78, 5) is 18.8. The Labute approximate surface area is 143 Å². The number of nitrogens with one attached hydrogen (secondary N) is 1. The minimum absolute atomic E-state index is 0.184. The van der Waals surface area contributed by atoms with E-state index in [9.17, 15) is 4.79 Å². The van der Waals surface area contributed by atoms with Crippen LogP contribution in [0.4, 0.5) is 5.69 Å². The van der Waals surface area contributed by atoms with Crippen LogP contribution in [0, 0.1) is 5.41 Å². The van der Waals surface area contributed by atoms with Crippen molar-refractivity contribution in [3.05, 3.63) is 36.0 Å². The largest absolute Gasteiger partial charge is 0.460 e. The number of piperazine rings is 1. The van der Waals surface area contributed by atoms with E-state index < -0.39 is 5.41 Å². The number of ether oxygens (including phenoxy) is 1. The van der Waals surface area contributed by atoms with Crippen LogP contribution in [0.1, 0.15) is 26.3 Å². The van der Waals surface area contributed by atoms with Gasteiger partial charge < -0.3 is 15.0 Å². The molecule has 5 nitrogen and oxygen atoms in total. The molecule has 2 aromatic rings. The third kappa shape index (κ3) is 3.67. The zero-order valence-corrected chi connectivity index (χ0v) is 14.6. The Morgan fingerprint density at radius 1 is 1.25 bits per heavy atom. The van der Waals surface area contributed by atoms with E-state index in [1.165, 1.54) is 5.69 Å². The summed E-state index contributed by atoms with van der Waals surface area (Å²) in [5.74, 6) is -0.184. The van der Waals surface area contributed by atoms with E-state index >= 15 is 0 Å². The molecule has 0 bridgehead atoms. The summed E-state index contributed by atoms with van der Waals surface area (Å²) in [6, 6.07) is 8.14. The molecule has 0 saturated carbocycles. The molecule has 128 valence electrons. The van der Waals surface area contributed by atoms with Gasteiger partial charge in [0.05, 0.1) is 10.9 Å². The summed E-state index contributed by atoms with van der Waals surface area (Å²) < 4.78 is 5.44. The van der Waals surface area contributed by atoms with Crippen molar-refractivity contribution in [1.82, 2.24) is 10.3 Å². The highest BCUT2D eigenvalue weighted by Gasteiger charge is 2.23. The Morgan fingerprint density at radius 3 is 2.71 bits per heavy atom. The molecule has 0 amide bonds.